The highest BCUT2D eigenvalue weighted by Gasteiger charge is 2.48. The largest absolute Gasteiger partial charge is 0.456 e. The summed E-state index contributed by atoms with van der Waals surface area (Å²) in [4.78, 5) is 4.91. The number of benzene rings is 20. The van der Waals surface area contributed by atoms with E-state index in [0.717, 1.165) is 83.9 Å². The highest BCUT2D eigenvalue weighted by atomic mass is 32.1. The van der Waals surface area contributed by atoms with E-state index in [2.05, 4.69) is 495 Å². The van der Waals surface area contributed by atoms with Crippen LogP contribution < -0.4 is 9.80 Å². The van der Waals surface area contributed by atoms with Crippen molar-refractivity contribution in [1.82, 2.24) is 0 Å². The van der Waals surface area contributed by atoms with Gasteiger partial charge in [0.15, 0.2) is 0 Å². The molecular weight excluding hydrogens is 1540 g/mol. The Balaban J connectivity index is 0.000000145. The van der Waals surface area contributed by atoms with Gasteiger partial charge in [-0.1, -0.05) is 400 Å². The normalized spacial score (nSPS) is 12.6. The van der Waals surface area contributed by atoms with E-state index in [9.17, 15) is 0 Å². The van der Waals surface area contributed by atoms with Crippen LogP contribution in [0, 0.1) is 0 Å². The van der Waals surface area contributed by atoms with Crippen LogP contribution >= 0.6 is 11.3 Å². The molecule has 0 fully saturated rings. The molecule has 126 heavy (non-hydrogen) atoms. The Morgan fingerprint density at radius 2 is 0.476 bits per heavy atom. The molecule has 3 nitrogen and oxygen atoms in total. The van der Waals surface area contributed by atoms with Gasteiger partial charge >= 0.3 is 0 Å². The zero-order valence-electron chi connectivity index (χ0n) is 69.1. The standard InChI is InChI=1S/C61H41NO.C61H41NS/c2*1-4-16-42(17-5-1)43-28-30-45(31-29-43)51-22-11-14-26-58(51)62(49-35-32-44(33-36-49)46-34-39-60-55(40-46)54-24-12-15-27-59(54)63-60)50-37-38-53-52-23-10-13-25-56(52)61(57(53)41-50,47-18-6-2-7-19-47)48-20-8-3-9-21-48/h2*1-41H. The molecule has 24 rings (SSSR count). The monoisotopic (exact) mass is 1620 g/mol. The maximum Gasteiger partial charge on any atom is 0.135 e. The van der Waals surface area contributed by atoms with Gasteiger partial charge in [-0.2, -0.15) is 0 Å². The van der Waals surface area contributed by atoms with E-state index < -0.39 is 10.8 Å². The third-order valence-electron chi connectivity index (χ3n) is 26.0. The van der Waals surface area contributed by atoms with Crippen molar-refractivity contribution in [3.63, 3.8) is 0 Å². The fraction of sp³-hybridized carbons (Fsp3) is 0.0164. The third-order valence-corrected chi connectivity index (χ3v) is 27.1. The fourth-order valence-electron chi connectivity index (χ4n) is 20.2. The smallest absolute Gasteiger partial charge is 0.135 e. The molecule has 592 valence electrons. The average molecular weight is 1620 g/mol. The predicted octanol–water partition coefficient (Wildman–Crippen LogP) is 33.3. The second-order valence-corrected chi connectivity index (χ2v) is 33.9. The Morgan fingerprint density at radius 3 is 0.937 bits per heavy atom. The minimum atomic E-state index is -0.525. The zero-order valence-corrected chi connectivity index (χ0v) is 69.9. The van der Waals surface area contributed by atoms with Gasteiger partial charge in [0, 0.05) is 64.8 Å². The first-order chi connectivity index (χ1) is 62.5. The molecule has 0 bridgehead atoms. The average Bonchev–Trinajstić information content (AvgIpc) is 1.53. The molecule has 2 aliphatic rings. The number of nitrogens with zero attached hydrogens (tertiary/aromatic N) is 2. The summed E-state index contributed by atoms with van der Waals surface area (Å²) in [7, 11) is 0. The minimum Gasteiger partial charge on any atom is -0.456 e. The summed E-state index contributed by atoms with van der Waals surface area (Å²) in [5, 5.41) is 4.88. The second-order valence-electron chi connectivity index (χ2n) is 32.8. The molecule has 0 spiro atoms. The summed E-state index contributed by atoms with van der Waals surface area (Å²) in [6.45, 7) is 0. The first kappa shape index (κ1) is 75.0. The molecule has 0 radical (unpaired) electrons. The van der Waals surface area contributed by atoms with Gasteiger partial charge in [-0.05, 0) is 219 Å². The summed E-state index contributed by atoms with van der Waals surface area (Å²) < 4.78 is 8.83. The second kappa shape index (κ2) is 31.8. The van der Waals surface area contributed by atoms with E-state index in [-0.39, 0.29) is 0 Å². The van der Waals surface area contributed by atoms with Gasteiger partial charge in [-0.3, -0.25) is 0 Å². The van der Waals surface area contributed by atoms with Crippen LogP contribution in [-0.2, 0) is 10.8 Å². The molecule has 2 heterocycles. The molecule has 2 aliphatic carbocycles. The van der Waals surface area contributed by atoms with Crippen LogP contribution in [0.2, 0.25) is 0 Å². The Labute approximate surface area is 738 Å². The third kappa shape index (κ3) is 12.9. The van der Waals surface area contributed by atoms with Crippen molar-refractivity contribution in [3.05, 3.63) is 542 Å². The van der Waals surface area contributed by atoms with E-state index in [1.54, 1.807) is 0 Å². The molecule has 20 aromatic carbocycles. The van der Waals surface area contributed by atoms with Crippen LogP contribution in [0.15, 0.2) is 502 Å². The Hall–Kier alpha value is -16.0. The SMILES string of the molecule is c1ccc(-c2ccc(-c3ccccc3N(c3ccc(-c4ccc5oc6ccccc6c5c4)cc3)c3ccc4c(c3)C(c3ccccc3)(c3ccccc3)c3ccccc3-4)cc2)cc1.c1ccc(-c2ccc(-c3ccccc3N(c3ccc(-c4ccc5sc6ccccc6c5c4)cc3)c3ccc4c(c3)C(c3ccccc3)(c3ccccc3)c3ccccc3-4)cc2)cc1. The van der Waals surface area contributed by atoms with Gasteiger partial charge in [0.1, 0.15) is 11.2 Å². The molecule has 0 aliphatic heterocycles. The summed E-state index contributed by atoms with van der Waals surface area (Å²) in [6, 6.07) is 182. The number of fused-ring (bicyclic) bond motifs is 12. The van der Waals surface area contributed by atoms with Gasteiger partial charge < -0.3 is 14.2 Å². The predicted molar refractivity (Wildman–Crippen MR) is 530 cm³/mol. The number of para-hydroxylation sites is 3. The molecule has 0 N–H and O–H groups in total. The van der Waals surface area contributed by atoms with Gasteiger partial charge in [0.2, 0.25) is 0 Å². The quantitative estimate of drug-likeness (QED) is 0.0961. The number of hydrogen-bond acceptors (Lipinski definition) is 4. The lowest BCUT2D eigenvalue weighted by molar-refractivity contribution is 0.669. The van der Waals surface area contributed by atoms with E-state index in [4.69, 9.17) is 4.42 Å². The minimum absolute atomic E-state index is 0.517. The zero-order chi connectivity index (χ0) is 83.5. The first-order valence-corrected chi connectivity index (χ1v) is 44.1. The molecule has 22 aromatic rings. The van der Waals surface area contributed by atoms with Gasteiger partial charge in [0.05, 0.1) is 22.2 Å². The highest BCUT2D eigenvalue weighted by Crippen LogP contribution is 2.60. The Morgan fingerprint density at radius 1 is 0.175 bits per heavy atom. The Bertz CT molecular complexity index is 7240. The molecule has 4 heteroatoms. The number of thiophene rings is 1. The summed E-state index contributed by atoms with van der Waals surface area (Å²) in [6.07, 6.45) is 0. The fourth-order valence-corrected chi connectivity index (χ4v) is 21.3. The van der Waals surface area contributed by atoms with Crippen LogP contribution in [0.25, 0.3) is 131 Å². The van der Waals surface area contributed by atoms with Crippen LogP contribution in [-0.4, -0.2) is 0 Å². The van der Waals surface area contributed by atoms with Crippen molar-refractivity contribution in [2.45, 2.75) is 10.8 Å². The molecule has 0 saturated carbocycles. The summed E-state index contributed by atoms with van der Waals surface area (Å²) in [5.74, 6) is 0. The van der Waals surface area contributed by atoms with Crippen LogP contribution in [0.4, 0.5) is 34.1 Å². The van der Waals surface area contributed by atoms with E-state index in [1.165, 1.54) is 126 Å². The van der Waals surface area contributed by atoms with Crippen molar-refractivity contribution in [1.29, 1.82) is 0 Å². The molecule has 0 amide bonds. The number of anilines is 6. The highest BCUT2D eigenvalue weighted by molar-refractivity contribution is 7.25. The van der Waals surface area contributed by atoms with Gasteiger partial charge in [-0.25, -0.2) is 0 Å². The molecule has 2 aromatic heterocycles. The molecule has 0 saturated heterocycles. The van der Waals surface area contributed by atoms with Crippen molar-refractivity contribution in [2.24, 2.45) is 0 Å². The molecule has 0 unspecified atom stereocenters. The molecular formula is C122H82N2OS. The van der Waals surface area contributed by atoms with Gasteiger partial charge in [-0.15, -0.1) is 11.3 Å². The van der Waals surface area contributed by atoms with Crippen molar-refractivity contribution in [2.75, 3.05) is 9.80 Å². The van der Waals surface area contributed by atoms with Crippen molar-refractivity contribution < 1.29 is 4.42 Å². The van der Waals surface area contributed by atoms with Crippen molar-refractivity contribution in [3.8, 4) is 89.0 Å². The van der Waals surface area contributed by atoms with Crippen LogP contribution in [0.3, 0.4) is 0 Å². The lowest BCUT2D eigenvalue weighted by atomic mass is 9.67. The first-order valence-electron chi connectivity index (χ1n) is 43.3. The van der Waals surface area contributed by atoms with E-state index in [0.29, 0.717) is 0 Å². The number of furan rings is 1. The summed E-state index contributed by atoms with van der Waals surface area (Å²) >= 11 is 1.86. The maximum atomic E-state index is 6.19. The van der Waals surface area contributed by atoms with E-state index >= 15 is 0 Å². The molecule has 0 atom stereocenters. The summed E-state index contributed by atoms with van der Waals surface area (Å²) in [5.41, 5.74) is 36.7. The topological polar surface area (TPSA) is 19.6 Å². The van der Waals surface area contributed by atoms with Crippen molar-refractivity contribution >= 4 is 87.6 Å². The maximum absolute atomic E-state index is 6.19. The van der Waals surface area contributed by atoms with E-state index in [1.807, 2.05) is 23.5 Å². The number of hydrogen-bond donors (Lipinski definition) is 0. The van der Waals surface area contributed by atoms with Crippen LogP contribution in [0.1, 0.15) is 44.5 Å². The lowest BCUT2D eigenvalue weighted by Gasteiger charge is -2.35. The van der Waals surface area contributed by atoms with Crippen LogP contribution in [0.5, 0.6) is 0 Å². The lowest BCUT2D eigenvalue weighted by Crippen LogP contribution is -2.28. The Kier molecular flexibility index (Phi) is 18.9. The van der Waals surface area contributed by atoms with Gasteiger partial charge in [0.25, 0.3) is 0 Å². The number of rotatable bonds is 16.